The predicted molar refractivity (Wildman–Crippen MR) is 91.1 cm³/mol. The van der Waals surface area contributed by atoms with Gasteiger partial charge in [-0.25, -0.2) is 9.97 Å². The third kappa shape index (κ3) is 2.66. The zero-order valence-electron chi connectivity index (χ0n) is 11.8. The van der Waals surface area contributed by atoms with E-state index in [2.05, 4.69) is 64.1 Å². The zero-order chi connectivity index (χ0) is 14.1. The molecule has 20 heavy (non-hydrogen) atoms. The molecule has 1 aromatic heterocycles. The summed E-state index contributed by atoms with van der Waals surface area (Å²) in [6.07, 6.45) is 3.57. The molecule has 0 radical (unpaired) electrons. The Balaban J connectivity index is 2.05. The van der Waals surface area contributed by atoms with Crippen LogP contribution in [0.25, 0.3) is 11.4 Å². The van der Waals surface area contributed by atoms with Crippen molar-refractivity contribution in [2.45, 2.75) is 32.1 Å². The van der Waals surface area contributed by atoms with E-state index in [0.29, 0.717) is 5.92 Å². The van der Waals surface area contributed by atoms with Crippen molar-refractivity contribution in [2.24, 2.45) is 0 Å². The fraction of sp³-hybridized carbons (Fsp3) is 0.375. The molecule has 0 atom stereocenters. The molecule has 0 unspecified atom stereocenters. The van der Waals surface area contributed by atoms with Crippen LogP contribution in [0.2, 0.25) is 0 Å². The van der Waals surface area contributed by atoms with Crippen LogP contribution in [0.1, 0.15) is 36.9 Å². The van der Waals surface area contributed by atoms with Gasteiger partial charge in [-0.15, -0.1) is 0 Å². The van der Waals surface area contributed by atoms with Crippen LogP contribution >= 0.6 is 22.6 Å². The molecule has 0 spiro atoms. The molecular formula is C16H18IN3. The van der Waals surface area contributed by atoms with Crippen LogP contribution in [-0.2, 0) is 6.42 Å². The molecule has 1 saturated carbocycles. The summed E-state index contributed by atoms with van der Waals surface area (Å²) in [5, 5.41) is 3.19. The molecule has 2 aromatic rings. The van der Waals surface area contributed by atoms with Crippen molar-refractivity contribution in [3.63, 3.8) is 0 Å². The first kappa shape index (κ1) is 13.8. The molecule has 0 amide bonds. The maximum atomic E-state index is 4.81. The van der Waals surface area contributed by atoms with E-state index in [0.717, 1.165) is 23.6 Å². The van der Waals surface area contributed by atoms with Crippen LogP contribution in [0.15, 0.2) is 24.3 Å². The first-order chi connectivity index (χ1) is 9.72. The SMILES string of the molecule is CCc1ccc(-c2nc(NC)c(I)c(C3CC3)n2)cc1. The van der Waals surface area contributed by atoms with Gasteiger partial charge >= 0.3 is 0 Å². The van der Waals surface area contributed by atoms with Crippen molar-refractivity contribution in [3.8, 4) is 11.4 Å². The monoisotopic (exact) mass is 379 g/mol. The quantitative estimate of drug-likeness (QED) is 0.808. The van der Waals surface area contributed by atoms with E-state index in [-0.39, 0.29) is 0 Å². The Labute approximate surface area is 133 Å². The van der Waals surface area contributed by atoms with Crippen molar-refractivity contribution in [3.05, 3.63) is 39.1 Å². The van der Waals surface area contributed by atoms with E-state index in [1.807, 2.05) is 7.05 Å². The zero-order valence-corrected chi connectivity index (χ0v) is 13.9. The fourth-order valence-corrected chi connectivity index (χ4v) is 3.23. The summed E-state index contributed by atoms with van der Waals surface area (Å²) >= 11 is 2.36. The van der Waals surface area contributed by atoms with Crippen molar-refractivity contribution in [2.75, 3.05) is 12.4 Å². The fourth-order valence-electron chi connectivity index (χ4n) is 2.28. The van der Waals surface area contributed by atoms with Crippen molar-refractivity contribution in [1.82, 2.24) is 9.97 Å². The number of aromatic nitrogens is 2. The van der Waals surface area contributed by atoms with Crippen molar-refractivity contribution >= 4 is 28.4 Å². The molecule has 1 aliphatic rings. The maximum absolute atomic E-state index is 4.81. The Morgan fingerprint density at radius 2 is 1.90 bits per heavy atom. The maximum Gasteiger partial charge on any atom is 0.161 e. The summed E-state index contributed by atoms with van der Waals surface area (Å²) < 4.78 is 1.17. The lowest BCUT2D eigenvalue weighted by atomic mass is 10.1. The Kier molecular flexibility index (Phi) is 3.92. The Morgan fingerprint density at radius 1 is 1.20 bits per heavy atom. The van der Waals surface area contributed by atoms with Gasteiger partial charge in [0.15, 0.2) is 5.82 Å². The number of benzene rings is 1. The third-order valence-electron chi connectivity index (χ3n) is 3.70. The highest BCUT2D eigenvalue weighted by atomic mass is 127. The molecular weight excluding hydrogens is 361 g/mol. The number of nitrogens with one attached hydrogen (secondary N) is 1. The van der Waals surface area contributed by atoms with Gasteiger partial charge in [-0.1, -0.05) is 31.2 Å². The first-order valence-corrected chi connectivity index (χ1v) is 8.15. The standard InChI is InChI=1S/C16H18IN3/c1-3-10-4-6-12(7-5-10)15-19-14(11-8-9-11)13(17)16(18-2)20-15/h4-7,11H,3,8-9H2,1-2H3,(H,18,19,20). The average Bonchev–Trinajstić information content (AvgIpc) is 3.32. The number of aryl methyl sites for hydroxylation is 1. The van der Waals surface area contributed by atoms with Crippen molar-refractivity contribution in [1.29, 1.82) is 0 Å². The molecule has 0 aliphatic heterocycles. The molecule has 1 fully saturated rings. The van der Waals surface area contributed by atoms with Gasteiger partial charge in [0.05, 0.1) is 9.26 Å². The molecule has 1 aliphatic carbocycles. The van der Waals surface area contributed by atoms with Crippen LogP contribution in [0.4, 0.5) is 5.82 Å². The minimum absolute atomic E-state index is 0.630. The molecule has 1 heterocycles. The Bertz CT molecular complexity index is 618. The summed E-state index contributed by atoms with van der Waals surface area (Å²) in [5.74, 6) is 2.40. The molecule has 1 aromatic carbocycles. The second-order valence-corrected chi connectivity index (χ2v) is 6.25. The van der Waals surface area contributed by atoms with Crippen LogP contribution in [0.5, 0.6) is 0 Å². The summed E-state index contributed by atoms with van der Waals surface area (Å²) in [4.78, 5) is 9.47. The molecule has 4 heteroatoms. The molecule has 0 saturated heterocycles. The largest absolute Gasteiger partial charge is 0.372 e. The number of nitrogens with zero attached hydrogens (tertiary/aromatic N) is 2. The number of halogens is 1. The van der Waals surface area contributed by atoms with Gasteiger partial charge < -0.3 is 5.32 Å². The van der Waals surface area contributed by atoms with Gasteiger partial charge in [0.25, 0.3) is 0 Å². The highest BCUT2D eigenvalue weighted by molar-refractivity contribution is 14.1. The summed E-state index contributed by atoms with van der Waals surface area (Å²) in [6, 6.07) is 8.56. The van der Waals surface area contributed by atoms with E-state index in [1.165, 1.54) is 27.7 Å². The van der Waals surface area contributed by atoms with Gasteiger partial charge in [-0.2, -0.15) is 0 Å². The molecule has 3 rings (SSSR count). The third-order valence-corrected chi connectivity index (χ3v) is 4.76. The van der Waals surface area contributed by atoms with E-state index < -0.39 is 0 Å². The van der Waals surface area contributed by atoms with Crippen LogP contribution in [0, 0.1) is 3.57 Å². The first-order valence-electron chi connectivity index (χ1n) is 7.07. The second kappa shape index (κ2) is 5.68. The highest BCUT2D eigenvalue weighted by Gasteiger charge is 2.29. The number of anilines is 1. The highest BCUT2D eigenvalue weighted by Crippen LogP contribution is 2.42. The van der Waals surface area contributed by atoms with Gasteiger partial charge in [0.1, 0.15) is 5.82 Å². The topological polar surface area (TPSA) is 37.8 Å². The van der Waals surface area contributed by atoms with E-state index in [1.54, 1.807) is 0 Å². The molecule has 1 N–H and O–H groups in total. The predicted octanol–water partition coefficient (Wildman–Crippen LogP) is 4.23. The van der Waals surface area contributed by atoms with Crippen LogP contribution < -0.4 is 5.32 Å². The van der Waals surface area contributed by atoms with E-state index >= 15 is 0 Å². The second-order valence-electron chi connectivity index (χ2n) is 5.17. The normalized spacial score (nSPS) is 14.3. The number of hydrogen-bond acceptors (Lipinski definition) is 3. The van der Waals surface area contributed by atoms with E-state index in [4.69, 9.17) is 4.98 Å². The van der Waals surface area contributed by atoms with Gasteiger partial charge in [-0.05, 0) is 47.4 Å². The van der Waals surface area contributed by atoms with Gasteiger partial charge in [-0.3, -0.25) is 0 Å². The van der Waals surface area contributed by atoms with Gasteiger partial charge in [0.2, 0.25) is 0 Å². The average molecular weight is 379 g/mol. The lowest BCUT2D eigenvalue weighted by molar-refractivity contribution is 0.978. The summed E-state index contributed by atoms with van der Waals surface area (Å²) in [6.45, 7) is 2.17. The summed E-state index contributed by atoms with van der Waals surface area (Å²) in [7, 11) is 1.92. The van der Waals surface area contributed by atoms with Gasteiger partial charge in [0, 0.05) is 18.5 Å². The van der Waals surface area contributed by atoms with Crippen LogP contribution in [0.3, 0.4) is 0 Å². The Hall–Kier alpha value is -1.17. The Morgan fingerprint density at radius 3 is 2.45 bits per heavy atom. The smallest absolute Gasteiger partial charge is 0.161 e. The van der Waals surface area contributed by atoms with Crippen LogP contribution in [-0.4, -0.2) is 17.0 Å². The van der Waals surface area contributed by atoms with E-state index in [9.17, 15) is 0 Å². The summed E-state index contributed by atoms with van der Waals surface area (Å²) in [5.41, 5.74) is 3.65. The van der Waals surface area contributed by atoms with Crippen molar-refractivity contribution < 1.29 is 0 Å². The lowest BCUT2D eigenvalue weighted by Crippen LogP contribution is -2.04. The molecule has 0 bridgehead atoms. The number of hydrogen-bond donors (Lipinski definition) is 1. The minimum Gasteiger partial charge on any atom is -0.372 e. The lowest BCUT2D eigenvalue weighted by Gasteiger charge is -2.11. The minimum atomic E-state index is 0.630. The molecule has 104 valence electrons. The number of rotatable bonds is 4. The molecule has 3 nitrogen and oxygen atoms in total.